The molecule has 4 aliphatic rings. The van der Waals surface area contributed by atoms with Crippen LogP contribution in [0.1, 0.15) is 45.4 Å². The molecule has 0 radical (unpaired) electrons. The second kappa shape index (κ2) is 4.93. The van der Waals surface area contributed by atoms with E-state index in [0.717, 1.165) is 29.2 Å². The van der Waals surface area contributed by atoms with E-state index in [1.54, 1.807) is 7.11 Å². The number of methoxy groups -OCH3 is 1. The van der Waals surface area contributed by atoms with Gasteiger partial charge in [0.15, 0.2) is 0 Å². The van der Waals surface area contributed by atoms with Gasteiger partial charge < -0.3 is 10.1 Å². The molecule has 1 aromatic carbocycles. The second-order valence-corrected chi connectivity index (χ2v) is 7.85. The highest BCUT2D eigenvalue weighted by Crippen LogP contribution is 2.61. The van der Waals surface area contributed by atoms with Gasteiger partial charge in [-0.3, -0.25) is 0 Å². The molecule has 0 spiro atoms. The van der Waals surface area contributed by atoms with Crippen molar-refractivity contribution in [1.82, 2.24) is 0 Å². The summed E-state index contributed by atoms with van der Waals surface area (Å²) in [5.41, 5.74) is 1.69. The molecule has 2 heteroatoms. The smallest absolute Gasteiger partial charge is 0.141 e. The normalized spacial score (nSPS) is 38.3. The third-order valence-electron chi connectivity index (χ3n) is 6.48. The topological polar surface area (TPSA) is 21.3 Å². The van der Waals surface area contributed by atoms with Crippen molar-refractivity contribution in [3.63, 3.8) is 0 Å². The third-order valence-corrected chi connectivity index (χ3v) is 6.48. The van der Waals surface area contributed by atoms with Gasteiger partial charge >= 0.3 is 0 Å². The summed E-state index contributed by atoms with van der Waals surface area (Å²) in [7, 11) is 1.76. The first-order valence-electron chi connectivity index (χ1n) is 8.58. The summed E-state index contributed by atoms with van der Waals surface area (Å²) in [6, 6.07) is 8.88. The molecule has 4 fully saturated rings. The number of ether oxygens (including phenoxy) is 1. The number of para-hydroxylation sites is 2. The number of anilines is 1. The standard InChI is InChI=1S/C19H27NO/c1-13(20-17-5-3-4-6-18(17)21-2)19-10-14-7-15(11-19)9-16(8-14)12-19/h3-6,13-16,20H,7-12H2,1-2H3. The van der Waals surface area contributed by atoms with Crippen molar-refractivity contribution in [2.45, 2.75) is 51.5 Å². The van der Waals surface area contributed by atoms with E-state index in [-0.39, 0.29) is 0 Å². The molecule has 114 valence electrons. The van der Waals surface area contributed by atoms with Gasteiger partial charge in [-0.2, -0.15) is 0 Å². The largest absolute Gasteiger partial charge is 0.495 e. The summed E-state index contributed by atoms with van der Waals surface area (Å²) in [5.74, 6) is 4.00. The molecular formula is C19H27NO. The van der Waals surface area contributed by atoms with Gasteiger partial charge in [0.1, 0.15) is 5.75 Å². The molecule has 2 nitrogen and oxygen atoms in total. The molecule has 1 aromatic rings. The van der Waals surface area contributed by atoms with E-state index in [4.69, 9.17) is 4.74 Å². The Morgan fingerprint density at radius 3 is 2.19 bits per heavy atom. The average molecular weight is 285 g/mol. The van der Waals surface area contributed by atoms with Gasteiger partial charge in [-0.25, -0.2) is 0 Å². The van der Waals surface area contributed by atoms with E-state index >= 15 is 0 Å². The molecule has 4 bridgehead atoms. The van der Waals surface area contributed by atoms with Gasteiger partial charge in [0.2, 0.25) is 0 Å². The fourth-order valence-corrected chi connectivity index (χ4v) is 5.86. The molecular weight excluding hydrogens is 258 g/mol. The highest BCUT2D eigenvalue weighted by Gasteiger charge is 2.53. The van der Waals surface area contributed by atoms with Crippen molar-refractivity contribution in [3.8, 4) is 5.75 Å². The number of nitrogens with one attached hydrogen (secondary N) is 1. The Hall–Kier alpha value is -1.18. The number of rotatable bonds is 4. The van der Waals surface area contributed by atoms with Crippen LogP contribution >= 0.6 is 0 Å². The van der Waals surface area contributed by atoms with Crippen LogP contribution in [-0.2, 0) is 0 Å². The zero-order valence-electron chi connectivity index (χ0n) is 13.3. The van der Waals surface area contributed by atoms with Gasteiger partial charge in [0, 0.05) is 6.04 Å². The zero-order chi connectivity index (χ0) is 14.4. The third kappa shape index (κ3) is 2.23. The fraction of sp³-hybridized carbons (Fsp3) is 0.684. The average Bonchev–Trinajstić information content (AvgIpc) is 2.46. The van der Waals surface area contributed by atoms with E-state index in [2.05, 4.69) is 30.4 Å². The van der Waals surface area contributed by atoms with Crippen LogP contribution in [0.25, 0.3) is 0 Å². The number of benzene rings is 1. The van der Waals surface area contributed by atoms with Crippen LogP contribution in [0.5, 0.6) is 5.75 Å². The Labute approximate surface area is 128 Å². The minimum Gasteiger partial charge on any atom is -0.495 e. The van der Waals surface area contributed by atoms with Gasteiger partial charge in [-0.05, 0) is 80.8 Å². The van der Waals surface area contributed by atoms with Gasteiger partial charge in [0.25, 0.3) is 0 Å². The van der Waals surface area contributed by atoms with E-state index in [1.807, 2.05) is 6.07 Å². The van der Waals surface area contributed by atoms with Gasteiger partial charge in [-0.1, -0.05) is 12.1 Å². The van der Waals surface area contributed by atoms with E-state index < -0.39 is 0 Å². The number of hydrogen-bond acceptors (Lipinski definition) is 2. The summed E-state index contributed by atoms with van der Waals surface area (Å²) in [4.78, 5) is 0. The Kier molecular flexibility index (Phi) is 3.16. The Morgan fingerprint density at radius 1 is 1.05 bits per heavy atom. The molecule has 1 atom stereocenters. The summed E-state index contributed by atoms with van der Waals surface area (Å²) in [6.07, 6.45) is 8.88. The maximum Gasteiger partial charge on any atom is 0.141 e. The molecule has 4 aliphatic carbocycles. The summed E-state index contributed by atoms with van der Waals surface area (Å²) >= 11 is 0. The Bertz CT molecular complexity index is 489. The van der Waals surface area contributed by atoms with Crippen LogP contribution in [0, 0.1) is 23.2 Å². The van der Waals surface area contributed by atoms with Crippen LogP contribution in [0.15, 0.2) is 24.3 Å². The lowest BCUT2D eigenvalue weighted by Crippen LogP contribution is -2.52. The molecule has 0 heterocycles. The molecule has 4 saturated carbocycles. The first-order chi connectivity index (χ1) is 10.2. The molecule has 1 N–H and O–H groups in total. The first kappa shape index (κ1) is 13.5. The molecule has 21 heavy (non-hydrogen) atoms. The van der Waals surface area contributed by atoms with Crippen LogP contribution < -0.4 is 10.1 Å². The molecule has 1 unspecified atom stereocenters. The predicted octanol–water partition coefficient (Wildman–Crippen LogP) is 4.71. The van der Waals surface area contributed by atoms with Crippen LogP contribution in [0.4, 0.5) is 5.69 Å². The summed E-state index contributed by atoms with van der Waals surface area (Å²) in [5, 5.41) is 3.79. The maximum atomic E-state index is 5.50. The zero-order valence-corrected chi connectivity index (χ0v) is 13.3. The first-order valence-corrected chi connectivity index (χ1v) is 8.58. The lowest BCUT2D eigenvalue weighted by atomic mass is 9.48. The minimum atomic E-state index is 0.537. The lowest BCUT2D eigenvalue weighted by Gasteiger charge is -2.59. The maximum absolute atomic E-state index is 5.50. The number of hydrogen-bond donors (Lipinski definition) is 1. The van der Waals surface area contributed by atoms with Crippen molar-refractivity contribution in [2.75, 3.05) is 12.4 Å². The summed E-state index contributed by atoms with van der Waals surface area (Å²) < 4.78 is 5.50. The molecule has 0 aromatic heterocycles. The SMILES string of the molecule is COc1ccccc1NC(C)C12CC3CC(CC(C3)C1)C2. The highest BCUT2D eigenvalue weighted by atomic mass is 16.5. The van der Waals surface area contributed by atoms with Crippen molar-refractivity contribution < 1.29 is 4.74 Å². The van der Waals surface area contributed by atoms with E-state index in [0.29, 0.717) is 11.5 Å². The predicted molar refractivity (Wildman–Crippen MR) is 86.7 cm³/mol. The molecule has 0 saturated heterocycles. The Balaban J connectivity index is 1.56. The second-order valence-electron chi connectivity index (χ2n) is 7.85. The van der Waals surface area contributed by atoms with Gasteiger partial charge in [0.05, 0.1) is 12.8 Å². The van der Waals surface area contributed by atoms with Crippen LogP contribution in [-0.4, -0.2) is 13.2 Å². The molecule has 0 amide bonds. The highest BCUT2D eigenvalue weighted by molar-refractivity contribution is 5.56. The van der Waals surface area contributed by atoms with E-state index in [9.17, 15) is 0 Å². The summed E-state index contributed by atoms with van der Waals surface area (Å²) in [6.45, 7) is 2.40. The van der Waals surface area contributed by atoms with Crippen LogP contribution in [0.3, 0.4) is 0 Å². The fourth-order valence-electron chi connectivity index (χ4n) is 5.86. The lowest BCUT2D eigenvalue weighted by molar-refractivity contribution is -0.0602. The monoisotopic (exact) mass is 285 g/mol. The van der Waals surface area contributed by atoms with Crippen molar-refractivity contribution >= 4 is 5.69 Å². The molecule has 5 rings (SSSR count). The minimum absolute atomic E-state index is 0.537. The van der Waals surface area contributed by atoms with Crippen LogP contribution in [0.2, 0.25) is 0 Å². The Morgan fingerprint density at radius 2 is 1.62 bits per heavy atom. The van der Waals surface area contributed by atoms with Gasteiger partial charge in [-0.15, -0.1) is 0 Å². The van der Waals surface area contributed by atoms with Crippen molar-refractivity contribution in [3.05, 3.63) is 24.3 Å². The van der Waals surface area contributed by atoms with E-state index in [1.165, 1.54) is 38.5 Å². The van der Waals surface area contributed by atoms with Crippen molar-refractivity contribution in [2.24, 2.45) is 23.2 Å². The quantitative estimate of drug-likeness (QED) is 0.865. The van der Waals surface area contributed by atoms with Crippen molar-refractivity contribution in [1.29, 1.82) is 0 Å². The molecule has 0 aliphatic heterocycles.